The summed E-state index contributed by atoms with van der Waals surface area (Å²) in [6.07, 6.45) is 2.42. The molecule has 2 rings (SSSR count). The molecule has 104 valence electrons. The molecule has 0 fully saturated rings. The van der Waals surface area contributed by atoms with E-state index >= 15 is 0 Å². The molecule has 0 saturated heterocycles. The van der Waals surface area contributed by atoms with Gasteiger partial charge in [0.15, 0.2) is 0 Å². The Labute approximate surface area is 114 Å². The lowest BCUT2D eigenvalue weighted by Gasteiger charge is -2.06. The molecule has 0 unspecified atom stereocenters. The van der Waals surface area contributed by atoms with E-state index in [-0.39, 0.29) is 5.97 Å². The Kier molecular flexibility index (Phi) is 5.21. The summed E-state index contributed by atoms with van der Waals surface area (Å²) in [5.74, 6) is 0.892. The number of fused-ring (bicyclic) bond motifs is 1. The van der Waals surface area contributed by atoms with Crippen LogP contribution in [0.15, 0.2) is 18.2 Å². The number of esters is 1. The molecule has 1 heterocycles. The summed E-state index contributed by atoms with van der Waals surface area (Å²) in [6, 6.07) is 6.38. The Balaban J connectivity index is 1.65. The van der Waals surface area contributed by atoms with E-state index in [1.165, 1.54) is 11.1 Å². The molecule has 1 aromatic carbocycles. The first kappa shape index (κ1) is 13.9. The standard InChI is InChI=1S/C15H21NO3/c1-2-18-15(17)6-9-16-8-5-12-3-4-14-13(11-12)7-10-19-14/h3-4,11,16H,2,5-10H2,1H3. The number of nitrogens with one attached hydrogen (secondary N) is 1. The van der Waals surface area contributed by atoms with Gasteiger partial charge in [-0.3, -0.25) is 4.79 Å². The second kappa shape index (κ2) is 7.14. The molecular formula is C15H21NO3. The molecule has 1 aliphatic rings. The van der Waals surface area contributed by atoms with Gasteiger partial charge in [0, 0.05) is 13.0 Å². The zero-order valence-electron chi connectivity index (χ0n) is 11.4. The molecule has 0 aromatic heterocycles. The van der Waals surface area contributed by atoms with Gasteiger partial charge in [0.2, 0.25) is 0 Å². The van der Waals surface area contributed by atoms with Crippen molar-refractivity contribution in [3.63, 3.8) is 0 Å². The molecule has 19 heavy (non-hydrogen) atoms. The van der Waals surface area contributed by atoms with Crippen LogP contribution in [0.5, 0.6) is 5.75 Å². The fraction of sp³-hybridized carbons (Fsp3) is 0.533. The molecular weight excluding hydrogens is 242 g/mol. The van der Waals surface area contributed by atoms with Gasteiger partial charge in [0.05, 0.1) is 19.6 Å². The summed E-state index contributed by atoms with van der Waals surface area (Å²) in [7, 11) is 0. The third-order valence-electron chi connectivity index (χ3n) is 3.16. The number of benzene rings is 1. The average molecular weight is 263 g/mol. The van der Waals surface area contributed by atoms with Crippen LogP contribution in [-0.2, 0) is 22.4 Å². The number of hydrogen-bond acceptors (Lipinski definition) is 4. The average Bonchev–Trinajstić information content (AvgIpc) is 2.86. The number of hydrogen-bond donors (Lipinski definition) is 1. The van der Waals surface area contributed by atoms with Crippen LogP contribution in [0.1, 0.15) is 24.5 Å². The molecule has 0 atom stereocenters. The van der Waals surface area contributed by atoms with E-state index in [4.69, 9.17) is 9.47 Å². The van der Waals surface area contributed by atoms with Crippen LogP contribution in [-0.4, -0.2) is 32.3 Å². The topological polar surface area (TPSA) is 47.6 Å². The Morgan fingerprint density at radius 3 is 3.16 bits per heavy atom. The van der Waals surface area contributed by atoms with Crippen LogP contribution >= 0.6 is 0 Å². The van der Waals surface area contributed by atoms with Crippen LogP contribution in [0.2, 0.25) is 0 Å². The normalized spacial score (nSPS) is 12.9. The first-order valence-electron chi connectivity index (χ1n) is 6.90. The largest absolute Gasteiger partial charge is 0.493 e. The number of rotatable bonds is 7. The van der Waals surface area contributed by atoms with Crippen LogP contribution in [0.4, 0.5) is 0 Å². The van der Waals surface area contributed by atoms with Gasteiger partial charge in [0.1, 0.15) is 5.75 Å². The molecule has 0 amide bonds. The van der Waals surface area contributed by atoms with E-state index in [0.717, 1.165) is 31.7 Å². The van der Waals surface area contributed by atoms with E-state index in [1.54, 1.807) is 0 Å². The van der Waals surface area contributed by atoms with Gasteiger partial charge in [-0.1, -0.05) is 12.1 Å². The van der Waals surface area contributed by atoms with Crippen molar-refractivity contribution >= 4 is 5.97 Å². The summed E-state index contributed by atoms with van der Waals surface area (Å²) in [5, 5.41) is 3.26. The first-order valence-corrected chi connectivity index (χ1v) is 6.90. The van der Waals surface area contributed by atoms with E-state index < -0.39 is 0 Å². The highest BCUT2D eigenvalue weighted by Gasteiger charge is 2.11. The van der Waals surface area contributed by atoms with Crippen molar-refractivity contribution in [1.82, 2.24) is 5.32 Å². The molecule has 0 radical (unpaired) electrons. The van der Waals surface area contributed by atoms with Gasteiger partial charge in [-0.05, 0) is 37.1 Å². The summed E-state index contributed by atoms with van der Waals surface area (Å²) < 4.78 is 10.3. The minimum atomic E-state index is -0.135. The molecule has 4 heteroatoms. The van der Waals surface area contributed by atoms with Gasteiger partial charge >= 0.3 is 5.97 Å². The first-order chi connectivity index (χ1) is 9.29. The van der Waals surface area contributed by atoms with Crippen molar-refractivity contribution in [1.29, 1.82) is 0 Å². The quantitative estimate of drug-likeness (QED) is 0.601. The SMILES string of the molecule is CCOC(=O)CCNCCc1ccc2c(c1)CCO2. The van der Waals surface area contributed by atoms with Gasteiger partial charge in [-0.15, -0.1) is 0 Å². The lowest BCUT2D eigenvalue weighted by Crippen LogP contribution is -2.21. The number of ether oxygens (including phenoxy) is 2. The van der Waals surface area contributed by atoms with E-state index in [0.29, 0.717) is 19.6 Å². The fourth-order valence-electron chi connectivity index (χ4n) is 2.18. The molecule has 0 spiro atoms. The Bertz CT molecular complexity index is 431. The summed E-state index contributed by atoms with van der Waals surface area (Å²) in [5.41, 5.74) is 2.62. The Morgan fingerprint density at radius 2 is 2.32 bits per heavy atom. The zero-order valence-corrected chi connectivity index (χ0v) is 11.4. The second-order valence-corrected chi connectivity index (χ2v) is 4.60. The maximum Gasteiger partial charge on any atom is 0.307 e. The Hall–Kier alpha value is -1.55. The molecule has 1 N–H and O–H groups in total. The van der Waals surface area contributed by atoms with E-state index in [1.807, 2.05) is 6.92 Å². The van der Waals surface area contributed by atoms with Gasteiger partial charge in [0.25, 0.3) is 0 Å². The minimum absolute atomic E-state index is 0.135. The van der Waals surface area contributed by atoms with Crippen LogP contribution in [0, 0.1) is 0 Å². The van der Waals surface area contributed by atoms with Crippen LogP contribution in [0.3, 0.4) is 0 Å². The maximum atomic E-state index is 11.1. The van der Waals surface area contributed by atoms with Gasteiger partial charge in [-0.2, -0.15) is 0 Å². The highest BCUT2D eigenvalue weighted by molar-refractivity contribution is 5.69. The molecule has 1 aromatic rings. The van der Waals surface area contributed by atoms with Crippen LogP contribution < -0.4 is 10.1 Å². The number of carbonyl (C=O) groups is 1. The monoisotopic (exact) mass is 263 g/mol. The predicted octanol–water partition coefficient (Wildman–Crippen LogP) is 1.71. The highest BCUT2D eigenvalue weighted by Crippen LogP contribution is 2.25. The third kappa shape index (κ3) is 4.24. The smallest absolute Gasteiger partial charge is 0.307 e. The van der Waals surface area contributed by atoms with Gasteiger partial charge < -0.3 is 14.8 Å². The predicted molar refractivity (Wildman–Crippen MR) is 73.5 cm³/mol. The maximum absolute atomic E-state index is 11.1. The van der Waals surface area contributed by atoms with Crippen molar-refractivity contribution in [3.05, 3.63) is 29.3 Å². The molecule has 0 aliphatic carbocycles. The summed E-state index contributed by atoms with van der Waals surface area (Å²) in [6.45, 7) is 4.63. The summed E-state index contributed by atoms with van der Waals surface area (Å²) >= 11 is 0. The number of carbonyl (C=O) groups excluding carboxylic acids is 1. The highest BCUT2D eigenvalue weighted by atomic mass is 16.5. The second-order valence-electron chi connectivity index (χ2n) is 4.60. The van der Waals surface area contributed by atoms with Crippen LogP contribution in [0.25, 0.3) is 0 Å². The summed E-state index contributed by atoms with van der Waals surface area (Å²) in [4.78, 5) is 11.1. The van der Waals surface area contributed by atoms with Gasteiger partial charge in [-0.25, -0.2) is 0 Å². The van der Waals surface area contributed by atoms with E-state index in [9.17, 15) is 4.79 Å². The molecule has 0 bridgehead atoms. The minimum Gasteiger partial charge on any atom is -0.493 e. The van der Waals surface area contributed by atoms with Crippen molar-refractivity contribution in [2.45, 2.75) is 26.2 Å². The lowest BCUT2D eigenvalue weighted by atomic mass is 10.1. The van der Waals surface area contributed by atoms with Crippen molar-refractivity contribution in [2.24, 2.45) is 0 Å². The molecule has 1 aliphatic heterocycles. The Morgan fingerprint density at radius 1 is 1.42 bits per heavy atom. The van der Waals surface area contributed by atoms with Crippen molar-refractivity contribution < 1.29 is 14.3 Å². The third-order valence-corrected chi connectivity index (χ3v) is 3.16. The molecule has 0 saturated carbocycles. The fourth-order valence-corrected chi connectivity index (χ4v) is 2.18. The lowest BCUT2D eigenvalue weighted by molar-refractivity contribution is -0.142. The van der Waals surface area contributed by atoms with E-state index in [2.05, 4.69) is 23.5 Å². The van der Waals surface area contributed by atoms with Crippen molar-refractivity contribution in [2.75, 3.05) is 26.3 Å². The molecule has 4 nitrogen and oxygen atoms in total. The zero-order chi connectivity index (χ0) is 13.5. The van der Waals surface area contributed by atoms with Crippen molar-refractivity contribution in [3.8, 4) is 5.75 Å².